The molecule has 100 valence electrons. The minimum atomic E-state index is -0.241. The van der Waals surface area contributed by atoms with Crippen LogP contribution in [0, 0.1) is 5.82 Å². The fourth-order valence-corrected chi connectivity index (χ4v) is 2.38. The molecule has 0 saturated heterocycles. The average molecular weight is 298 g/mol. The van der Waals surface area contributed by atoms with Crippen LogP contribution in [-0.4, -0.2) is 6.04 Å². The fourth-order valence-electron chi connectivity index (χ4n) is 1.98. The maximum Gasteiger partial charge on any atom is 0.123 e. The highest BCUT2D eigenvalue weighted by molar-refractivity contribution is 6.42. The highest BCUT2D eigenvalue weighted by atomic mass is 35.5. The second-order valence-electron chi connectivity index (χ2n) is 4.51. The number of hydrogen-bond acceptors (Lipinski definition) is 1. The van der Waals surface area contributed by atoms with Gasteiger partial charge in [-0.25, -0.2) is 4.39 Å². The summed E-state index contributed by atoms with van der Waals surface area (Å²) in [5.74, 6) is -0.241. The zero-order valence-electron chi connectivity index (χ0n) is 10.2. The molecular formula is C15H14Cl2FN. The summed E-state index contributed by atoms with van der Waals surface area (Å²) in [4.78, 5) is 0. The quantitative estimate of drug-likeness (QED) is 0.897. The molecule has 19 heavy (non-hydrogen) atoms. The van der Waals surface area contributed by atoms with Crippen LogP contribution >= 0.6 is 23.2 Å². The highest BCUT2D eigenvalue weighted by Gasteiger charge is 2.10. The van der Waals surface area contributed by atoms with E-state index in [1.807, 2.05) is 12.1 Å². The minimum absolute atomic E-state index is 0.0820. The van der Waals surface area contributed by atoms with Crippen molar-refractivity contribution in [1.29, 1.82) is 0 Å². The molecule has 0 aliphatic heterocycles. The van der Waals surface area contributed by atoms with E-state index >= 15 is 0 Å². The van der Waals surface area contributed by atoms with Gasteiger partial charge in [-0.1, -0.05) is 47.5 Å². The summed E-state index contributed by atoms with van der Waals surface area (Å²) in [6, 6.07) is 11.8. The highest BCUT2D eigenvalue weighted by Crippen LogP contribution is 2.26. The van der Waals surface area contributed by atoms with Crippen molar-refractivity contribution in [3.63, 3.8) is 0 Å². The molecule has 2 aromatic carbocycles. The normalized spacial score (nSPS) is 12.4. The molecule has 2 aromatic rings. The van der Waals surface area contributed by atoms with Gasteiger partial charge in [-0.2, -0.15) is 0 Å². The Kier molecular flexibility index (Phi) is 4.81. The first-order valence-corrected chi connectivity index (χ1v) is 6.75. The third-order valence-corrected chi connectivity index (χ3v) is 3.78. The van der Waals surface area contributed by atoms with Crippen molar-refractivity contribution < 1.29 is 4.39 Å². The maximum absolute atomic E-state index is 12.8. The SMILES string of the molecule is NC(Cc1ccc(F)cc1)Cc1cccc(Cl)c1Cl. The van der Waals surface area contributed by atoms with Crippen LogP contribution in [0.3, 0.4) is 0 Å². The number of rotatable bonds is 4. The van der Waals surface area contributed by atoms with Crippen molar-refractivity contribution in [2.24, 2.45) is 5.73 Å². The van der Waals surface area contributed by atoms with Gasteiger partial charge in [0.25, 0.3) is 0 Å². The van der Waals surface area contributed by atoms with Gasteiger partial charge < -0.3 is 5.73 Å². The molecule has 2 N–H and O–H groups in total. The lowest BCUT2D eigenvalue weighted by molar-refractivity contribution is 0.623. The Hall–Kier alpha value is -1.09. The van der Waals surface area contributed by atoms with E-state index in [2.05, 4.69) is 0 Å². The summed E-state index contributed by atoms with van der Waals surface area (Å²) >= 11 is 12.1. The monoisotopic (exact) mass is 297 g/mol. The molecule has 4 heteroatoms. The Labute approximate surface area is 122 Å². The van der Waals surface area contributed by atoms with Gasteiger partial charge >= 0.3 is 0 Å². The molecule has 0 saturated carbocycles. The van der Waals surface area contributed by atoms with Crippen molar-refractivity contribution in [2.75, 3.05) is 0 Å². The van der Waals surface area contributed by atoms with E-state index in [1.54, 1.807) is 18.2 Å². The summed E-state index contributed by atoms with van der Waals surface area (Å²) in [7, 11) is 0. The second-order valence-corrected chi connectivity index (χ2v) is 5.29. The average Bonchev–Trinajstić information content (AvgIpc) is 2.38. The van der Waals surface area contributed by atoms with E-state index in [0.717, 1.165) is 11.1 Å². The predicted molar refractivity (Wildman–Crippen MR) is 78.2 cm³/mol. The third kappa shape index (κ3) is 3.93. The Bertz CT molecular complexity index is 555. The van der Waals surface area contributed by atoms with Crippen LogP contribution in [0.2, 0.25) is 10.0 Å². The molecular weight excluding hydrogens is 284 g/mol. The van der Waals surface area contributed by atoms with E-state index in [0.29, 0.717) is 22.9 Å². The number of benzene rings is 2. The van der Waals surface area contributed by atoms with Gasteiger partial charge in [0.1, 0.15) is 5.82 Å². The van der Waals surface area contributed by atoms with Crippen LogP contribution in [0.15, 0.2) is 42.5 Å². The van der Waals surface area contributed by atoms with Gasteiger partial charge in [0.2, 0.25) is 0 Å². The molecule has 0 aliphatic rings. The van der Waals surface area contributed by atoms with Gasteiger partial charge in [0, 0.05) is 6.04 Å². The molecule has 0 radical (unpaired) electrons. The van der Waals surface area contributed by atoms with Crippen molar-refractivity contribution in [3.8, 4) is 0 Å². The van der Waals surface area contributed by atoms with Gasteiger partial charge in [0.15, 0.2) is 0 Å². The zero-order chi connectivity index (χ0) is 13.8. The molecule has 0 bridgehead atoms. The molecule has 1 unspecified atom stereocenters. The van der Waals surface area contributed by atoms with Crippen LogP contribution in [0.5, 0.6) is 0 Å². The molecule has 1 atom stereocenters. The zero-order valence-corrected chi connectivity index (χ0v) is 11.8. The summed E-state index contributed by atoms with van der Waals surface area (Å²) < 4.78 is 12.8. The van der Waals surface area contributed by atoms with Crippen LogP contribution in [0.1, 0.15) is 11.1 Å². The second kappa shape index (κ2) is 6.38. The first-order valence-electron chi connectivity index (χ1n) is 5.99. The molecule has 2 rings (SSSR count). The molecule has 0 heterocycles. The first-order chi connectivity index (χ1) is 9.06. The Morgan fingerprint density at radius 2 is 1.68 bits per heavy atom. The summed E-state index contributed by atoms with van der Waals surface area (Å²) in [6.07, 6.45) is 1.31. The standard InChI is InChI=1S/C15H14Cl2FN/c16-14-3-1-2-11(15(14)17)9-13(19)8-10-4-6-12(18)7-5-10/h1-7,13H,8-9,19H2. The van der Waals surface area contributed by atoms with Crippen LogP contribution in [0.25, 0.3) is 0 Å². The van der Waals surface area contributed by atoms with Gasteiger partial charge in [0.05, 0.1) is 10.0 Å². The van der Waals surface area contributed by atoms with Gasteiger partial charge in [-0.3, -0.25) is 0 Å². The van der Waals surface area contributed by atoms with Gasteiger partial charge in [-0.05, 0) is 42.2 Å². The van der Waals surface area contributed by atoms with Crippen molar-refractivity contribution in [1.82, 2.24) is 0 Å². The largest absolute Gasteiger partial charge is 0.327 e. The number of nitrogens with two attached hydrogens (primary N) is 1. The molecule has 0 fully saturated rings. The van der Waals surface area contributed by atoms with Gasteiger partial charge in [-0.15, -0.1) is 0 Å². The van der Waals surface area contributed by atoms with Crippen molar-refractivity contribution in [3.05, 3.63) is 69.5 Å². The van der Waals surface area contributed by atoms with Crippen LogP contribution in [-0.2, 0) is 12.8 Å². The molecule has 0 spiro atoms. The van der Waals surface area contributed by atoms with E-state index in [1.165, 1.54) is 12.1 Å². The van der Waals surface area contributed by atoms with E-state index in [4.69, 9.17) is 28.9 Å². The molecule has 0 aromatic heterocycles. The summed E-state index contributed by atoms with van der Waals surface area (Å²) in [6.45, 7) is 0. The lowest BCUT2D eigenvalue weighted by Crippen LogP contribution is -2.25. The molecule has 0 aliphatic carbocycles. The summed E-state index contributed by atoms with van der Waals surface area (Å²) in [5, 5.41) is 1.09. The van der Waals surface area contributed by atoms with E-state index < -0.39 is 0 Å². The number of halogens is 3. The van der Waals surface area contributed by atoms with Crippen LogP contribution in [0.4, 0.5) is 4.39 Å². The topological polar surface area (TPSA) is 26.0 Å². The first kappa shape index (κ1) is 14.3. The third-order valence-electron chi connectivity index (χ3n) is 2.92. The van der Waals surface area contributed by atoms with E-state index in [-0.39, 0.29) is 11.9 Å². The minimum Gasteiger partial charge on any atom is -0.327 e. The lowest BCUT2D eigenvalue weighted by atomic mass is 10.00. The maximum atomic E-state index is 12.8. The smallest absolute Gasteiger partial charge is 0.123 e. The Morgan fingerprint density at radius 1 is 1.00 bits per heavy atom. The van der Waals surface area contributed by atoms with Crippen molar-refractivity contribution in [2.45, 2.75) is 18.9 Å². The molecule has 0 amide bonds. The number of hydrogen-bond donors (Lipinski definition) is 1. The summed E-state index contributed by atoms with van der Waals surface area (Å²) in [5.41, 5.74) is 8.04. The Balaban J connectivity index is 2.03. The lowest BCUT2D eigenvalue weighted by Gasteiger charge is -2.13. The fraction of sp³-hybridized carbons (Fsp3) is 0.200. The molecule has 1 nitrogen and oxygen atoms in total. The van der Waals surface area contributed by atoms with Crippen molar-refractivity contribution >= 4 is 23.2 Å². The predicted octanol–water partition coefficient (Wildman–Crippen LogP) is 4.25. The Morgan fingerprint density at radius 3 is 2.37 bits per heavy atom. The van der Waals surface area contributed by atoms with Crippen LogP contribution < -0.4 is 5.73 Å². The van der Waals surface area contributed by atoms with E-state index in [9.17, 15) is 4.39 Å².